The van der Waals surface area contributed by atoms with E-state index >= 15 is 0 Å². The van der Waals surface area contributed by atoms with Crippen molar-refractivity contribution >= 4 is 22.8 Å². The lowest BCUT2D eigenvalue weighted by atomic mass is 10.1. The minimum Gasteiger partial charge on any atom is -0.334 e. The van der Waals surface area contributed by atoms with Gasteiger partial charge in [0.05, 0.1) is 0 Å². The third kappa shape index (κ3) is 3.00. The molecule has 0 aromatic heterocycles. The summed E-state index contributed by atoms with van der Waals surface area (Å²) >= 11 is 1.35. The largest absolute Gasteiger partial charge is 0.334 e. The van der Waals surface area contributed by atoms with E-state index in [1.165, 1.54) is 18.2 Å². The summed E-state index contributed by atoms with van der Waals surface area (Å²) in [6.45, 7) is 1.81. The number of ketones is 1. The van der Waals surface area contributed by atoms with E-state index in [-0.39, 0.29) is 11.2 Å². The van der Waals surface area contributed by atoms with E-state index in [1.54, 1.807) is 0 Å². The molecule has 3 nitrogen and oxygen atoms in total. The van der Waals surface area contributed by atoms with Gasteiger partial charge in [-0.15, -0.1) is 0 Å². The minimum absolute atomic E-state index is 0.152. The zero-order valence-corrected chi connectivity index (χ0v) is 10.4. The van der Waals surface area contributed by atoms with Crippen LogP contribution in [0.5, 0.6) is 0 Å². The van der Waals surface area contributed by atoms with Gasteiger partial charge in [0.1, 0.15) is 5.78 Å². The monoisotopic (exact) mass is 241 g/mol. The Kier molecular flexibility index (Phi) is 4.27. The van der Waals surface area contributed by atoms with Crippen LogP contribution in [0.15, 0.2) is 0 Å². The van der Waals surface area contributed by atoms with Crippen LogP contribution in [-0.4, -0.2) is 34.8 Å². The van der Waals surface area contributed by atoms with Crippen molar-refractivity contribution in [2.75, 3.05) is 18.8 Å². The standard InChI is InChI=1S/C12H19NO2S/c14-11-6-4-5-10(11)9-16-12(15)13-7-2-1-3-8-13/h10H,1-9H2. The summed E-state index contributed by atoms with van der Waals surface area (Å²) in [6.07, 6.45) is 6.24. The maximum atomic E-state index is 11.8. The molecule has 1 saturated carbocycles. The number of amides is 1. The first kappa shape index (κ1) is 12.0. The first-order chi connectivity index (χ1) is 7.77. The van der Waals surface area contributed by atoms with Crippen molar-refractivity contribution in [1.82, 2.24) is 4.90 Å². The third-order valence-corrected chi connectivity index (χ3v) is 4.53. The number of carbonyl (C=O) groups is 2. The number of carbonyl (C=O) groups excluding carboxylic acids is 2. The van der Waals surface area contributed by atoms with Gasteiger partial charge in [0, 0.05) is 31.2 Å². The molecule has 16 heavy (non-hydrogen) atoms. The second-order valence-corrected chi connectivity index (χ2v) is 5.65. The van der Waals surface area contributed by atoms with Gasteiger partial charge >= 0.3 is 0 Å². The van der Waals surface area contributed by atoms with Crippen molar-refractivity contribution < 1.29 is 9.59 Å². The number of hydrogen-bond acceptors (Lipinski definition) is 3. The van der Waals surface area contributed by atoms with Crippen LogP contribution in [0.4, 0.5) is 4.79 Å². The molecule has 1 amide bonds. The van der Waals surface area contributed by atoms with Crippen molar-refractivity contribution in [2.45, 2.75) is 38.5 Å². The van der Waals surface area contributed by atoms with Crippen molar-refractivity contribution in [2.24, 2.45) is 5.92 Å². The second kappa shape index (κ2) is 5.71. The molecule has 0 aromatic rings. The van der Waals surface area contributed by atoms with E-state index in [9.17, 15) is 9.59 Å². The predicted molar refractivity (Wildman–Crippen MR) is 65.6 cm³/mol. The molecule has 0 aromatic carbocycles. The molecule has 2 rings (SSSR count). The van der Waals surface area contributed by atoms with Crippen LogP contribution < -0.4 is 0 Å². The molecule has 0 spiro atoms. The molecule has 1 saturated heterocycles. The van der Waals surface area contributed by atoms with Gasteiger partial charge in [-0.1, -0.05) is 11.8 Å². The molecule has 0 bridgehead atoms. The highest BCUT2D eigenvalue weighted by Gasteiger charge is 2.26. The van der Waals surface area contributed by atoms with E-state index in [4.69, 9.17) is 0 Å². The van der Waals surface area contributed by atoms with E-state index in [2.05, 4.69) is 0 Å². The highest BCUT2D eigenvalue weighted by Crippen LogP contribution is 2.26. The molecule has 1 aliphatic heterocycles. The quantitative estimate of drug-likeness (QED) is 0.746. The van der Waals surface area contributed by atoms with Crippen molar-refractivity contribution in [3.05, 3.63) is 0 Å². The van der Waals surface area contributed by atoms with Gasteiger partial charge in [0.15, 0.2) is 0 Å². The van der Waals surface area contributed by atoms with Crippen molar-refractivity contribution in [3.8, 4) is 0 Å². The van der Waals surface area contributed by atoms with E-state index in [1.807, 2.05) is 4.90 Å². The number of Topliss-reactive ketones (excluding diaryl/α,β-unsaturated/α-hetero) is 1. The van der Waals surface area contributed by atoms with E-state index in [0.29, 0.717) is 11.5 Å². The second-order valence-electron chi connectivity index (χ2n) is 4.68. The Bertz CT molecular complexity index is 274. The number of likely N-dealkylation sites (tertiary alicyclic amines) is 1. The van der Waals surface area contributed by atoms with Crippen LogP contribution in [0.1, 0.15) is 38.5 Å². The van der Waals surface area contributed by atoms with Crippen molar-refractivity contribution in [1.29, 1.82) is 0 Å². The molecule has 90 valence electrons. The Labute approximate surface area is 101 Å². The van der Waals surface area contributed by atoms with Gasteiger partial charge in [-0.25, -0.2) is 0 Å². The highest BCUT2D eigenvalue weighted by atomic mass is 32.2. The Hall–Kier alpha value is -0.510. The fraction of sp³-hybridized carbons (Fsp3) is 0.833. The molecule has 2 fully saturated rings. The number of nitrogens with zero attached hydrogens (tertiary/aromatic N) is 1. The Morgan fingerprint density at radius 3 is 2.62 bits per heavy atom. The number of thioether (sulfide) groups is 1. The summed E-state index contributed by atoms with van der Waals surface area (Å²) in [5.41, 5.74) is 0. The van der Waals surface area contributed by atoms with E-state index < -0.39 is 0 Å². The minimum atomic E-state index is 0.152. The lowest BCUT2D eigenvalue weighted by molar-refractivity contribution is -0.120. The molecular formula is C12H19NO2S. The summed E-state index contributed by atoms with van der Waals surface area (Å²) in [7, 11) is 0. The van der Waals surface area contributed by atoms with Crippen LogP contribution in [0, 0.1) is 5.92 Å². The van der Waals surface area contributed by atoms with Gasteiger partial charge in [0.25, 0.3) is 5.24 Å². The average Bonchev–Trinajstić information content (AvgIpc) is 2.73. The third-order valence-electron chi connectivity index (χ3n) is 3.45. The maximum Gasteiger partial charge on any atom is 0.281 e. The Morgan fingerprint density at radius 1 is 1.25 bits per heavy atom. The van der Waals surface area contributed by atoms with Crippen molar-refractivity contribution in [3.63, 3.8) is 0 Å². The first-order valence-electron chi connectivity index (χ1n) is 6.22. The zero-order chi connectivity index (χ0) is 11.4. The van der Waals surface area contributed by atoms with Gasteiger partial charge < -0.3 is 4.90 Å². The first-order valence-corrected chi connectivity index (χ1v) is 7.20. The molecule has 0 N–H and O–H groups in total. The smallest absolute Gasteiger partial charge is 0.281 e. The van der Waals surface area contributed by atoms with Crippen LogP contribution in [0.25, 0.3) is 0 Å². The average molecular weight is 241 g/mol. The fourth-order valence-electron chi connectivity index (χ4n) is 2.40. The molecule has 2 aliphatic rings. The zero-order valence-electron chi connectivity index (χ0n) is 9.61. The normalized spacial score (nSPS) is 26.1. The summed E-state index contributed by atoms with van der Waals surface area (Å²) in [4.78, 5) is 25.2. The number of piperidine rings is 1. The summed E-state index contributed by atoms with van der Waals surface area (Å²) < 4.78 is 0. The summed E-state index contributed by atoms with van der Waals surface area (Å²) in [5, 5.41) is 0.180. The lowest BCUT2D eigenvalue weighted by Crippen LogP contribution is -2.33. The molecule has 1 atom stereocenters. The van der Waals surface area contributed by atoms with Gasteiger partial charge in [-0.05, 0) is 32.1 Å². The SMILES string of the molecule is O=C1CCCC1CSC(=O)N1CCCCC1. The van der Waals surface area contributed by atoms with Crippen LogP contribution in [0.3, 0.4) is 0 Å². The van der Waals surface area contributed by atoms with Crippen LogP contribution >= 0.6 is 11.8 Å². The molecule has 1 unspecified atom stereocenters. The summed E-state index contributed by atoms with van der Waals surface area (Å²) in [6, 6.07) is 0. The highest BCUT2D eigenvalue weighted by molar-refractivity contribution is 8.13. The summed E-state index contributed by atoms with van der Waals surface area (Å²) in [5.74, 6) is 1.21. The van der Waals surface area contributed by atoms with E-state index in [0.717, 1.165) is 45.2 Å². The Balaban J connectivity index is 1.72. The number of rotatable bonds is 2. The molecular weight excluding hydrogens is 222 g/mol. The van der Waals surface area contributed by atoms with Gasteiger partial charge in [0.2, 0.25) is 0 Å². The topological polar surface area (TPSA) is 37.4 Å². The molecule has 0 radical (unpaired) electrons. The Morgan fingerprint density at radius 2 is 2.00 bits per heavy atom. The van der Waals surface area contributed by atoms with Crippen LogP contribution in [0.2, 0.25) is 0 Å². The van der Waals surface area contributed by atoms with Gasteiger partial charge in [-0.3, -0.25) is 9.59 Å². The fourth-order valence-corrected chi connectivity index (χ4v) is 3.47. The molecule has 1 heterocycles. The molecule has 4 heteroatoms. The molecule has 1 aliphatic carbocycles. The lowest BCUT2D eigenvalue weighted by Gasteiger charge is -2.26. The maximum absolute atomic E-state index is 11.8. The van der Waals surface area contributed by atoms with Crippen LogP contribution in [-0.2, 0) is 4.79 Å². The number of hydrogen-bond donors (Lipinski definition) is 0. The van der Waals surface area contributed by atoms with Gasteiger partial charge in [-0.2, -0.15) is 0 Å². The predicted octanol–water partition coefficient (Wildman–Crippen LogP) is 2.69.